The van der Waals surface area contributed by atoms with Gasteiger partial charge in [-0.05, 0) is 30.3 Å². The Balaban J connectivity index is 2.10. The monoisotopic (exact) mass is 307 g/mol. The fourth-order valence-electron chi connectivity index (χ4n) is 1.77. The lowest BCUT2D eigenvalue weighted by Gasteiger charge is -2.06. The number of anilines is 2. The molecule has 0 saturated heterocycles. The molecule has 0 heterocycles. The molecule has 0 aliphatic carbocycles. The van der Waals surface area contributed by atoms with Crippen LogP contribution >= 0.6 is 0 Å². The summed E-state index contributed by atoms with van der Waals surface area (Å²) in [5.74, 6) is -1.72. The average molecular weight is 307 g/mol. The Morgan fingerprint density at radius 1 is 1.04 bits per heavy atom. The zero-order valence-electron chi connectivity index (χ0n) is 12.0. The number of carboxylic acid groups (broad SMARTS) is 1. The Morgan fingerprint density at radius 2 is 1.74 bits per heavy atom. The maximum Gasteiger partial charge on any atom is 0.335 e. The van der Waals surface area contributed by atoms with Crippen molar-refractivity contribution in [1.82, 2.24) is 0 Å². The first-order valence-corrected chi connectivity index (χ1v) is 6.66. The van der Waals surface area contributed by atoms with Gasteiger partial charge in [0.15, 0.2) is 0 Å². The predicted octanol–water partition coefficient (Wildman–Crippen LogP) is 2.84. The molecule has 0 spiro atoms. The number of nitrogens with one attached hydrogen (secondary N) is 2. The normalized spacial score (nSPS) is 10.5. The lowest BCUT2D eigenvalue weighted by atomic mass is 10.2. The third-order valence-corrected chi connectivity index (χ3v) is 2.89. The molecule has 0 radical (unpaired) electrons. The van der Waals surface area contributed by atoms with Gasteiger partial charge >= 0.3 is 5.97 Å². The highest BCUT2D eigenvalue weighted by molar-refractivity contribution is 6.07. The van der Waals surface area contributed by atoms with Gasteiger partial charge in [-0.3, -0.25) is 4.79 Å². The Hall–Kier alpha value is -3.59. The Kier molecular flexibility index (Phi) is 5.10. The molecule has 6 nitrogen and oxygen atoms in total. The van der Waals surface area contributed by atoms with Gasteiger partial charge in [-0.15, -0.1) is 0 Å². The van der Waals surface area contributed by atoms with Crippen molar-refractivity contribution in [2.75, 3.05) is 10.6 Å². The van der Waals surface area contributed by atoms with Crippen LogP contribution in [0.4, 0.5) is 11.4 Å². The molecule has 6 heteroatoms. The highest BCUT2D eigenvalue weighted by Gasteiger charge is 2.10. The Morgan fingerprint density at radius 3 is 2.39 bits per heavy atom. The van der Waals surface area contributed by atoms with E-state index in [1.807, 2.05) is 18.2 Å². The molecule has 0 saturated carbocycles. The van der Waals surface area contributed by atoms with E-state index in [2.05, 4.69) is 10.6 Å². The second-order valence-electron chi connectivity index (χ2n) is 4.52. The number of hydrogen-bond acceptors (Lipinski definition) is 4. The first-order chi connectivity index (χ1) is 11.1. The van der Waals surface area contributed by atoms with E-state index < -0.39 is 11.9 Å². The molecule has 2 aromatic carbocycles. The van der Waals surface area contributed by atoms with Gasteiger partial charge in [-0.25, -0.2) is 4.79 Å². The van der Waals surface area contributed by atoms with Crippen molar-refractivity contribution in [2.24, 2.45) is 0 Å². The summed E-state index contributed by atoms with van der Waals surface area (Å²) in [6.07, 6.45) is 1.30. The first-order valence-electron chi connectivity index (χ1n) is 6.66. The minimum Gasteiger partial charge on any atom is -0.478 e. The van der Waals surface area contributed by atoms with Crippen molar-refractivity contribution in [3.8, 4) is 6.07 Å². The van der Waals surface area contributed by atoms with Crippen LogP contribution in [-0.4, -0.2) is 17.0 Å². The molecule has 3 N–H and O–H groups in total. The van der Waals surface area contributed by atoms with Crippen LogP contribution in [0, 0.1) is 11.3 Å². The third-order valence-electron chi connectivity index (χ3n) is 2.89. The summed E-state index contributed by atoms with van der Waals surface area (Å²) >= 11 is 0. The van der Waals surface area contributed by atoms with Gasteiger partial charge < -0.3 is 15.7 Å². The van der Waals surface area contributed by atoms with E-state index in [4.69, 9.17) is 10.4 Å². The molecule has 2 aromatic rings. The lowest BCUT2D eigenvalue weighted by molar-refractivity contribution is -0.112. The SMILES string of the molecule is N#C/C(=C/Nc1ccccc1)C(=O)Nc1cccc(C(=O)O)c1. The van der Waals surface area contributed by atoms with Crippen molar-refractivity contribution in [1.29, 1.82) is 5.26 Å². The average Bonchev–Trinajstić information content (AvgIpc) is 2.56. The summed E-state index contributed by atoms with van der Waals surface area (Å²) in [6.45, 7) is 0. The quantitative estimate of drug-likeness (QED) is 0.582. The van der Waals surface area contributed by atoms with E-state index >= 15 is 0 Å². The molecular formula is C17H13N3O3. The van der Waals surface area contributed by atoms with Crippen LogP contribution in [0.5, 0.6) is 0 Å². The highest BCUT2D eigenvalue weighted by Crippen LogP contribution is 2.12. The zero-order valence-corrected chi connectivity index (χ0v) is 12.0. The van der Waals surface area contributed by atoms with Crippen molar-refractivity contribution in [3.63, 3.8) is 0 Å². The molecule has 114 valence electrons. The van der Waals surface area contributed by atoms with E-state index in [1.165, 1.54) is 24.4 Å². The van der Waals surface area contributed by atoms with E-state index in [9.17, 15) is 9.59 Å². The van der Waals surface area contributed by atoms with Crippen molar-refractivity contribution in [2.45, 2.75) is 0 Å². The van der Waals surface area contributed by atoms with Gasteiger partial charge in [-0.2, -0.15) is 5.26 Å². The second kappa shape index (κ2) is 7.43. The fourth-order valence-corrected chi connectivity index (χ4v) is 1.77. The smallest absolute Gasteiger partial charge is 0.335 e. The summed E-state index contributed by atoms with van der Waals surface area (Å²) in [5, 5.41) is 23.3. The van der Waals surface area contributed by atoms with Crippen molar-refractivity contribution < 1.29 is 14.7 Å². The van der Waals surface area contributed by atoms with Crippen LogP contribution in [0.25, 0.3) is 0 Å². The van der Waals surface area contributed by atoms with Crippen LogP contribution in [0.3, 0.4) is 0 Å². The number of nitrogens with zero attached hydrogens (tertiary/aromatic N) is 1. The summed E-state index contributed by atoms with van der Waals surface area (Å²) in [7, 11) is 0. The molecule has 1 amide bonds. The van der Waals surface area contributed by atoms with Gasteiger partial charge in [0, 0.05) is 17.6 Å². The molecular weight excluding hydrogens is 294 g/mol. The first kappa shape index (κ1) is 15.8. The fraction of sp³-hybridized carbons (Fsp3) is 0. The molecule has 0 atom stereocenters. The number of aromatic carboxylic acids is 1. The number of benzene rings is 2. The van der Waals surface area contributed by atoms with E-state index in [-0.39, 0.29) is 11.1 Å². The van der Waals surface area contributed by atoms with Crippen molar-refractivity contribution in [3.05, 3.63) is 71.9 Å². The number of amides is 1. The van der Waals surface area contributed by atoms with Crippen LogP contribution in [0.15, 0.2) is 66.4 Å². The summed E-state index contributed by atoms with van der Waals surface area (Å²) in [5.41, 5.74) is 0.957. The van der Waals surface area contributed by atoms with Gasteiger partial charge in [-0.1, -0.05) is 24.3 Å². The number of carbonyl (C=O) groups is 2. The van der Waals surface area contributed by atoms with E-state index in [0.717, 1.165) is 5.69 Å². The zero-order chi connectivity index (χ0) is 16.7. The topological polar surface area (TPSA) is 102 Å². The molecule has 0 unspecified atom stereocenters. The summed E-state index contributed by atoms with van der Waals surface area (Å²) in [6, 6.07) is 16.7. The Labute approximate surface area is 132 Å². The molecule has 0 aromatic heterocycles. The minimum atomic E-state index is -1.09. The number of carbonyl (C=O) groups excluding carboxylic acids is 1. The van der Waals surface area contributed by atoms with Crippen LogP contribution in [-0.2, 0) is 4.79 Å². The highest BCUT2D eigenvalue weighted by atomic mass is 16.4. The minimum absolute atomic E-state index is 0.0488. The van der Waals surface area contributed by atoms with Gasteiger partial charge in [0.2, 0.25) is 0 Å². The van der Waals surface area contributed by atoms with Gasteiger partial charge in [0.05, 0.1) is 5.56 Å². The molecule has 2 rings (SSSR count). The standard InChI is InChI=1S/C17H13N3O3/c18-10-13(11-19-14-6-2-1-3-7-14)16(21)20-15-8-4-5-12(9-15)17(22)23/h1-9,11,19H,(H,20,21)(H,22,23)/b13-11-. The van der Waals surface area contributed by atoms with Crippen LogP contribution in [0.2, 0.25) is 0 Å². The molecule has 0 aliphatic heterocycles. The van der Waals surface area contributed by atoms with Crippen LogP contribution in [0.1, 0.15) is 10.4 Å². The van der Waals surface area contributed by atoms with E-state index in [1.54, 1.807) is 24.3 Å². The van der Waals surface area contributed by atoms with Crippen LogP contribution < -0.4 is 10.6 Å². The maximum absolute atomic E-state index is 12.1. The number of rotatable bonds is 5. The summed E-state index contributed by atoms with van der Waals surface area (Å²) < 4.78 is 0. The second-order valence-corrected chi connectivity index (χ2v) is 4.52. The van der Waals surface area contributed by atoms with Gasteiger partial charge in [0.1, 0.15) is 11.6 Å². The van der Waals surface area contributed by atoms with E-state index in [0.29, 0.717) is 5.69 Å². The lowest BCUT2D eigenvalue weighted by Crippen LogP contribution is -2.15. The number of nitriles is 1. The molecule has 0 fully saturated rings. The number of carboxylic acids is 1. The number of para-hydroxylation sites is 1. The molecule has 0 bridgehead atoms. The Bertz CT molecular complexity index is 792. The maximum atomic E-state index is 12.1. The van der Waals surface area contributed by atoms with Gasteiger partial charge in [0.25, 0.3) is 5.91 Å². The molecule has 0 aliphatic rings. The largest absolute Gasteiger partial charge is 0.478 e. The van der Waals surface area contributed by atoms with Crippen molar-refractivity contribution >= 4 is 23.3 Å². The number of hydrogen-bond donors (Lipinski definition) is 3. The predicted molar refractivity (Wildman–Crippen MR) is 85.8 cm³/mol. The third kappa shape index (κ3) is 4.44. The summed E-state index contributed by atoms with van der Waals surface area (Å²) in [4.78, 5) is 23.0. The molecule has 23 heavy (non-hydrogen) atoms.